The second kappa shape index (κ2) is 6.87. The van der Waals surface area contributed by atoms with E-state index in [9.17, 15) is 4.79 Å². The maximum atomic E-state index is 12.4. The lowest BCUT2D eigenvalue weighted by atomic mass is 10.2. The van der Waals surface area contributed by atoms with Crippen LogP contribution in [0.3, 0.4) is 0 Å². The highest BCUT2D eigenvalue weighted by Crippen LogP contribution is 2.13. The number of carbonyl (C=O) groups excluding carboxylic acids is 1. The molecule has 0 atom stereocenters. The molecule has 1 aliphatic heterocycles. The van der Waals surface area contributed by atoms with E-state index in [2.05, 4.69) is 27.4 Å². The van der Waals surface area contributed by atoms with Gasteiger partial charge in [-0.05, 0) is 30.7 Å². The third-order valence-electron chi connectivity index (χ3n) is 3.35. The maximum absolute atomic E-state index is 12.4. The number of hydrogen-bond acceptors (Lipinski definition) is 2. The molecule has 0 unspecified atom stereocenters. The first-order chi connectivity index (χ1) is 9.20. The summed E-state index contributed by atoms with van der Waals surface area (Å²) in [5.74, 6) is 0.132. The minimum Gasteiger partial charge on any atom is -0.337 e. The zero-order chi connectivity index (χ0) is 13.7. The lowest BCUT2D eigenvalue weighted by Crippen LogP contribution is -2.35. The summed E-state index contributed by atoms with van der Waals surface area (Å²) in [5, 5.41) is 0. The number of halogens is 1. The van der Waals surface area contributed by atoms with E-state index in [1.807, 2.05) is 35.2 Å². The number of nitrogens with zero attached hydrogens (tertiary/aromatic N) is 2. The Balaban J connectivity index is 1.99. The van der Waals surface area contributed by atoms with Crippen molar-refractivity contribution in [3.05, 3.63) is 47.0 Å². The van der Waals surface area contributed by atoms with Crippen molar-refractivity contribution in [3.8, 4) is 0 Å². The van der Waals surface area contributed by atoms with Crippen molar-refractivity contribution in [2.75, 3.05) is 32.7 Å². The number of carbonyl (C=O) groups is 1. The molecule has 1 amide bonds. The lowest BCUT2D eigenvalue weighted by Gasteiger charge is -2.21. The molecule has 1 fully saturated rings. The highest BCUT2D eigenvalue weighted by atomic mass is 79.9. The van der Waals surface area contributed by atoms with Crippen LogP contribution in [0.5, 0.6) is 0 Å². The Bertz CT molecular complexity index is 444. The Morgan fingerprint density at radius 3 is 2.63 bits per heavy atom. The van der Waals surface area contributed by atoms with E-state index in [1.165, 1.54) is 0 Å². The van der Waals surface area contributed by atoms with Gasteiger partial charge in [0.15, 0.2) is 0 Å². The van der Waals surface area contributed by atoms with Crippen molar-refractivity contribution >= 4 is 21.8 Å². The monoisotopic (exact) mass is 322 g/mol. The molecule has 1 aromatic rings. The predicted molar refractivity (Wildman–Crippen MR) is 81.3 cm³/mol. The summed E-state index contributed by atoms with van der Waals surface area (Å²) < 4.78 is 0.997. The fraction of sp³-hybridized carbons (Fsp3) is 0.400. The molecule has 0 saturated carbocycles. The van der Waals surface area contributed by atoms with E-state index in [0.717, 1.165) is 49.2 Å². The molecular formula is C15H19BrN2O. The molecule has 19 heavy (non-hydrogen) atoms. The van der Waals surface area contributed by atoms with Gasteiger partial charge in [0, 0.05) is 42.8 Å². The summed E-state index contributed by atoms with van der Waals surface area (Å²) in [4.78, 5) is 16.7. The number of benzene rings is 1. The first-order valence-electron chi connectivity index (χ1n) is 6.59. The molecular weight excluding hydrogens is 304 g/mol. The van der Waals surface area contributed by atoms with Crippen molar-refractivity contribution < 1.29 is 4.79 Å². The fourth-order valence-electron chi connectivity index (χ4n) is 2.31. The summed E-state index contributed by atoms with van der Waals surface area (Å²) in [6.45, 7) is 8.26. The van der Waals surface area contributed by atoms with Gasteiger partial charge in [-0.3, -0.25) is 9.69 Å². The van der Waals surface area contributed by atoms with Crippen molar-refractivity contribution in [1.29, 1.82) is 0 Å². The molecule has 0 aliphatic carbocycles. The van der Waals surface area contributed by atoms with E-state index in [4.69, 9.17) is 0 Å². The molecule has 1 heterocycles. The minimum absolute atomic E-state index is 0.132. The molecule has 0 bridgehead atoms. The lowest BCUT2D eigenvalue weighted by molar-refractivity contribution is 0.0762. The molecule has 4 heteroatoms. The molecule has 0 radical (unpaired) electrons. The Morgan fingerprint density at radius 2 is 1.95 bits per heavy atom. The Hall–Kier alpha value is -1.13. The van der Waals surface area contributed by atoms with Gasteiger partial charge in [-0.1, -0.05) is 22.0 Å². The van der Waals surface area contributed by atoms with E-state index >= 15 is 0 Å². The summed E-state index contributed by atoms with van der Waals surface area (Å²) >= 11 is 3.39. The van der Waals surface area contributed by atoms with Gasteiger partial charge < -0.3 is 4.90 Å². The van der Waals surface area contributed by atoms with Gasteiger partial charge in [-0.2, -0.15) is 0 Å². The van der Waals surface area contributed by atoms with E-state index in [0.29, 0.717) is 0 Å². The highest BCUT2D eigenvalue weighted by molar-refractivity contribution is 9.10. The second-order valence-corrected chi connectivity index (χ2v) is 5.66. The predicted octanol–water partition coefficient (Wildman–Crippen LogP) is 2.78. The molecule has 2 rings (SSSR count). The van der Waals surface area contributed by atoms with Gasteiger partial charge in [-0.25, -0.2) is 0 Å². The first kappa shape index (κ1) is 14.3. The van der Waals surface area contributed by atoms with E-state index < -0.39 is 0 Å². The molecule has 102 valence electrons. The topological polar surface area (TPSA) is 23.6 Å². The molecule has 0 aromatic heterocycles. The van der Waals surface area contributed by atoms with Crippen LogP contribution in [-0.4, -0.2) is 48.4 Å². The van der Waals surface area contributed by atoms with Crippen molar-refractivity contribution in [2.45, 2.75) is 6.42 Å². The zero-order valence-corrected chi connectivity index (χ0v) is 12.6. The standard InChI is InChI=1S/C15H19BrN2O/c1-2-8-17-9-3-10-18(12-11-17)15(19)13-4-6-14(16)7-5-13/h2,4-7H,1,3,8-12H2. The Labute approximate surface area is 123 Å². The molecule has 1 saturated heterocycles. The molecule has 1 aromatic carbocycles. The van der Waals surface area contributed by atoms with Gasteiger partial charge in [0.05, 0.1) is 0 Å². The van der Waals surface area contributed by atoms with Gasteiger partial charge >= 0.3 is 0 Å². The molecule has 0 spiro atoms. The average molecular weight is 323 g/mol. The quantitative estimate of drug-likeness (QED) is 0.799. The normalized spacial score (nSPS) is 17.0. The third kappa shape index (κ3) is 3.91. The smallest absolute Gasteiger partial charge is 0.253 e. The summed E-state index contributed by atoms with van der Waals surface area (Å²) in [6.07, 6.45) is 2.95. The second-order valence-electron chi connectivity index (χ2n) is 4.74. The van der Waals surface area contributed by atoms with Crippen LogP contribution in [0.25, 0.3) is 0 Å². The minimum atomic E-state index is 0.132. The SMILES string of the molecule is C=CCN1CCCN(C(=O)c2ccc(Br)cc2)CC1. The highest BCUT2D eigenvalue weighted by Gasteiger charge is 2.19. The van der Waals surface area contributed by atoms with Crippen molar-refractivity contribution in [2.24, 2.45) is 0 Å². The van der Waals surface area contributed by atoms with Crippen LogP contribution < -0.4 is 0 Å². The van der Waals surface area contributed by atoms with Crippen LogP contribution in [0, 0.1) is 0 Å². The van der Waals surface area contributed by atoms with Gasteiger partial charge in [0.2, 0.25) is 0 Å². The van der Waals surface area contributed by atoms with Crippen LogP contribution in [-0.2, 0) is 0 Å². The van der Waals surface area contributed by atoms with Crippen LogP contribution in [0.2, 0.25) is 0 Å². The number of rotatable bonds is 3. The van der Waals surface area contributed by atoms with Crippen LogP contribution in [0.4, 0.5) is 0 Å². The maximum Gasteiger partial charge on any atom is 0.253 e. The third-order valence-corrected chi connectivity index (χ3v) is 3.88. The number of hydrogen-bond donors (Lipinski definition) is 0. The van der Waals surface area contributed by atoms with Crippen LogP contribution in [0.1, 0.15) is 16.8 Å². The molecule has 3 nitrogen and oxygen atoms in total. The summed E-state index contributed by atoms with van der Waals surface area (Å²) in [6, 6.07) is 7.57. The average Bonchev–Trinajstić information content (AvgIpc) is 2.65. The zero-order valence-electron chi connectivity index (χ0n) is 11.0. The molecule has 1 aliphatic rings. The van der Waals surface area contributed by atoms with Crippen LogP contribution >= 0.6 is 15.9 Å². The Kier molecular flexibility index (Phi) is 5.16. The number of amides is 1. The van der Waals surface area contributed by atoms with E-state index in [-0.39, 0.29) is 5.91 Å². The van der Waals surface area contributed by atoms with Crippen molar-refractivity contribution in [3.63, 3.8) is 0 Å². The molecule has 0 N–H and O–H groups in total. The summed E-state index contributed by atoms with van der Waals surface area (Å²) in [7, 11) is 0. The van der Waals surface area contributed by atoms with Gasteiger partial charge in [0.25, 0.3) is 5.91 Å². The Morgan fingerprint density at radius 1 is 1.21 bits per heavy atom. The first-order valence-corrected chi connectivity index (χ1v) is 7.38. The van der Waals surface area contributed by atoms with E-state index in [1.54, 1.807) is 0 Å². The summed E-state index contributed by atoms with van der Waals surface area (Å²) in [5.41, 5.74) is 0.764. The van der Waals surface area contributed by atoms with Crippen molar-refractivity contribution in [1.82, 2.24) is 9.80 Å². The largest absolute Gasteiger partial charge is 0.337 e. The van der Waals surface area contributed by atoms with Gasteiger partial charge in [-0.15, -0.1) is 6.58 Å². The van der Waals surface area contributed by atoms with Gasteiger partial charge in [0.1, 0.15) is 0 Å². The van der Waals surface area contributed by atoms with Crippen LogP contribution in [0.15, 0.2) is 41.4 Å². The fourth-order valence-corrected chi connectivity index (χ4v) is 2.58.